The highest BCUT2D eigenvalue weighted by Crippen LogP contribution is 2.15. The molecule has 1 aromatic rings. The lowest BCUT2D eigenvalue weighted by atomic mass is 10.1. The van der Waals surface area contributed by atoms with E-state index in [2.05, 4.69) is 4.98 Å². The Labute approximate surface area is 86.0 Å². The van der Waals surface area contributed by atoms with Crippen LogP contribution in [0.25, 0.3) is 0 Å². The van der Waals surface area contributed by atoms with Gasteiger partial charge in [-0.15, -0.1) is 0 Å². The number of nitrogens with two attached hydrogens (primary N) is 1. The van der Waals surface area contributed by atoms with E-state index < -0.39 is 18.1 Å². The van der Waals surface area contributed by atoms with Gasteiger partial charge in [-0.05, 0) is 17.7 Å². The number of aromatic nitrogens is 1. The van der Waals surface area contributed by atoms with Crippen LogP contribution in [0.2, 0.25) is 0 Å². The molecule has 1 heterocycles. The van der Waals surface area contributed by atoms with Gasteiger partial charge >= 0.3 is 0 Å². The summed E-state index contributed by atoms with van der Waals surface area (Å²) in [6.45, 7) is -0.213. The van der Waals surface area contributed by atoms with Crippen molar-refractivity contribution in [3.63, 3.8) is 0 Å². The second-order valence-electron chi connectivity index (χ2n) is 3.04. The molecule has 1 amide bonds. The number of aliphatic hydroxyl groups excluding tert-OH is 3. The molecule has 1 rings (SSSR count). The molecule has 6 heteroatoms. The summed E-state index contributed by atoms with van der Waals surface area (Å²) in [4.78, 5) is 14.4. The van der Waals surface area contributed by atoms with Gasteiger partial charge in [-0.2, -0.15) is 0 Å². The number of carbonyl (C=O) groups excluding carboxylic acids is 1. The van der Waals surface area contributed by atoms with Crippen LogP contribution in [0.3, 0.4) is 0 Å². The van der Waals surface area contributed by atoms with Crippen molar-refractivity contribution in [1.82, 2.24) is 4.98 Å². The second-order valence-corrected chi connectivity index (χ2v) is 3.04. The minimum atomic E-state index is -1.70. The van der Waals surface area contributed by atoms with Gasteiger partial charge in [0.25, 0.3) is 0 Å². The highest BCUT2D eigenvalue weighted by atomic mass is 16.3. The molecule has 82 valence electrons. The summed E-state index contributed by atoms with van der Waals surface area (Å²) in [5.41, 5.74) is 5.43. The number of aliphatic hydroxyl groups is 3. The van der Waals surface area contributed by atoms with Crippen LogP contribution in [0.1, 0.15) is 17.4 Å². The second kappa shape index (κ2) is 4.83. The average Bonchev–Trinajstić information content (AvgIpc) is 2.27. The van der Waals surface area contributed by atoms with Crippen molar-refractivity contribution < 1.29 is 20.1 Å². The van der Waals surface area contributed by atoms with E-state index in [0.717, 1.165) is 0 Å². The first kappa shape index (κ1) is 11.6. The van der Waals surface area contributed by atoms with Gasteiger partial charge in [0, 0.05) is 6.20 Å². The third-order valence-electron chi connectivity index (χ3n) is 1.92. The van der Waals surface area contributed by atoms with Crippen LogP contribution in [0.4, 0.5) is 0 Å². The lowest BCUT2D eigenvalue weighted by molar-refractivity contribution is -0.132. The molecule has 0 aliphatic carbocycles. The maximum atomic E-state index is 10.6. The molecule has 2 atom stereocenters. The van der Waals surface area contributed by atoms with Crippen LogP contribution in [-0.2, 0) is 11.4 Å². The zero-order valence-electron chi connectivity index (χ0n) is 7.87. The van der Waals surface area contributed by atoms with Crippen LogP contribution in [-0.4, -0.2) is 32.3 Å². The van der Waals surface area contributed by atoms with E-state index in [0.29, 0.717) is 5.56 Å². The Kier molecular flexibility index (Phi) is 3.73. The average molecular weight is 212 g/mol. The van der Waals surface area contributed by atoms with Crippen molar-refractivity contribution in [2.75, 3.05) is 0 Å². The Morgan fingerprint density at radius 3 is 2.73 bits per heavy atom. The summed E-state index contributed by atoms with van der Waals surface area (Å²) in [6.07, 6.45) is -1.82. The number of pyridine rings is 1. The molecule has 0 aromatic carbocycles. The van der Waals surface area contributed by atoms with Crippen molar-refractivity contribution in [3.8, 4) is 0 Å². The van der Waals surface area contributed by atoms with Gasteiger partial charge in [0.2, 0.25) is 5.91 Å². The van der Waals surface area contributed by atoms with Crippen LogP contribution < -0.4 is 5.73 Å². The third kappa shape index (κ3) is 2.72. The first-order chi connectivity index (χ1) is 7.06. The zero-order chi connectivity index (χ0) is 11.4. The molecule has 0 saturated heterocycles. The van der Waals surface area contributed by atoms with E-state index in [9.17, 15) is 15.0 Å². The number of primary amides is 1. The highest BCUT2D eigenvalue weighted by molar-refractivity contribution is 5.79. The molecular formula is C9H12N2O4. The summed E-state index contributed by atoms with van der Waals surface area (Å²) in [5.74, 6) is -1.03. The predicted molar refractivity (Wildman–Crippen MR) is 50.3 cm³/mol. The topological polar surface area (TPSA) is 117 Å². The summed E-state index contributed by atoms with van der Waals surface area (Å²) < 4.78 is 0. The fourth-order valence-corrected chi connectivity index (χ4v) is 1.07. The van der Waals surface area contributed by atoms with Gasteiger partial charge in [-0.3, -0.25) is 9.78 Å². The molecular weight excluding hydrogens is 200 g/mol. The highest BCUT2D eigenvalue weighted by Gasteiger charge is 2.24. The summed E-state index contributed by atoms with van der Waals surface area (Å²) in [7, 11) is 0. The lowest BCUT2D eigenvalue weighted by Crippen LogP contribution is -2.34. The summed E-state index contributed by atoms with van der Waals surface area (Å²) >= 11 is 0. The van der Waals surface area contributed by atoms with Crippen molar-refractivity contribution in [1.29, 1.82) is 0 Å². The quantitative estimate of drug-likeness (QED) is 0.482. The fraction of sp³-hybridized carbons (Fsp3) is 0.333. The van der Waals surface area contributed by atoms with Crippen LogP contribution in [0, 0.1) is 0 Å². The summed E-state index contributed by atoms with van der Waals surface area (Å²) in [5, 5.41) is 27.5. The molecule has 0 bridgehead atoms. The Bertz CT molecular complexity index is 356. The number of hydrogen-bond donors (Lipinski definition) is 4. The fourth-order valence-electron chi connectivity index (χ4n) is 1.07. The van der Waals surface area contributed by atoms with Gasteiger partial charge in [-0.25, -0.2) is 0 Å². The largest absolute Gasteiger partial charge is 0.392 e. The van der Waals surface area contributed by atoms with Crippen LogP contribution >= 0.6 is 0 Å². The third-order valence-corrected chi connectivity index (χ3v) is 1.92. The Morgan fingerprint density at radius 1 is 1.53 bits per heavy atom. The Morgan fingerprint density at radius 2 is 2.20 bits per heavy atom. The van der Waals surface area contributed by atoms with E-state index in [4.69, 9.17) is 10.8 Å². The van der Waals surface area contributed by atoms with Crippen molar-refractivity contribution >= 4 is 5.91 Å². The minimum absolute atomic E-state index is 0.0906. The van der Waals surface area contributed by atoms with E-state index in [-0.39, 0.29) is 12.3 Å². The standard InChI is InChI=1S/C9H12N2O4/c10-9(15)8(14)7(13)6-3-5(4-12)1-2-11-6/h1-3,7-8,12-14H,4H2,(H2,10,15). The number of hydrogen-bond acceptors (Lipinski definition) is 5. The maximum Gasteiger partial charge on any atom is 0.249 e. The summed E-state index contributed by atoms with van der Waals surface area (Å²) in [6, 6.07) is 2.93. The molecule has 0 saturated carbocycles. The molecule has 1 aromatic heterocycles. The maximum absolute atomic E-state index is 10.6. The van der Waals surface area contributed by atoms with E-state index in [1.807, 2.05) is 0 Å². The smallest absolute Gasteiger partial charge is 0.249 e. The SMILES string of the molecule is NC(=O)C(O)C(O)c1cc(CO)ccn1. The Balaban J connectivity index is 2.90. The number of amides is 1. The molecule has 0 aliphatic rings. The zero-order valence-corrected chi connectivity index (χ0v) is 7.87. The van der Waals surface area contributed by atoms with Gasteiger partial charge in [0.15, 0.2) is 6.10 Å². The van der Waals surface area contributed by atoms with Crippen LogP contribution in [0.5, 0.6) is 0 Å². The monoisotopic (exact) mass is 212 g/mol. The van der Waals surface area contributed by atoms with Gasteiger partial charge in [-0.1, -0.05) is 0 Å². The van der Waals surface area contributed by atoms with Crippen molar-refractivity contribution in [2.45, 2.75) is 18.8 Å². The predicted octanol–water partition coefficient (Wildman–Crippen LogP) is -1.55. The lowest BCUT2D eigenvalue weighted by Gasteiger charge is -2.14. The molecule has 6 nitrogen and oxygen atoms in total. The minimum Gasteiger partial charge on any atom is -0.392 e. The van der Waals surface area contributed by atoms with Gasteiger partial charge in [0.05, 0.1) is 12.3 Å². The first-order valence-electron chi connectivity index (χ1n) is 4.27. The molecule has 15 heavy (non-hydrogen) atoms. The van der Waals surface area contributed by atoms with E-state index in [1.54, 1.807) is 6.07 Å². The molecule has 2 unspecified atom stereocenters. The molecule has 0 spiro atoms. The van der Waals surface area contributed by atoms with E-state index in [1.165, 1.54) is 12.3 Å². The van der Waals surface area contributed by atoms with Crippen molar-refractivity contribution in [3.05, 3.63) is 29.6 Å². The van der Waals surface area contributed by atoms with Gasteiger partial charge < -0.3 is 21.1 Å². The Hall–Kier alpha value is -1.50. The number of rotatable bonds is 4. The molecule has 0 fully saturated rings. The van der Waals surface area contributed by atoms with Gasteiger partial charge in [0.1, 0.15) is 6.10 Å². The van der Waals surface area contributed by atoms with Crippen molar-refractivity contribution in [2.24, 2.45) is 5.73 Å². The van der Waals surface area contributed by atoms with Crippen LogP contribution in [0.15, 0.2) is 18.3 Å². The first-order valence-corrected chi connectivity index (χ1v) is 4.27. The number of nitrogens with zero attached hydrogens (tertiary/aromatic N) is 1. The normalized spacial score (nSPS) is 14.6. The molecule has 0 aliphatic heterocycles. The van der Waals surface area contributed by atoms with E-state index >= 15 is 0 Å². The molecule has 5 N–H and O–H groups in total. The number of carbonyl (C=O) groups is 1. The molecule has 0 radical (unpaired) electrons.